The molecule has 2 fully saturated rings. The number of methoxy groups -OCH3 is 1. The number of fused-ring (bicyclic) bond motifs is 2. The second-order valence-corrected chi connectivity index (χ2v) is 11.4. The zero-order valence-corrected chi connectivity index (χ0v) is 24.6. The first kappa shape index (κ1) is 30.8. The summed E-state index contributed by atoms with van der Waals surface area (Å²) in [5, 5.41) is 8.70. The number of hydrogen-bond donors (Lipinski definition) is 1. The molecule has 2 amide bonds. The summed E-state index contributed by atoms with van der Waals surface area (Å²) in [4.78, 5) is 55.4. The topological polar surface area (TPSA) is 132 Å². The third-order valence-corrected chi connectivity index (χ3v) is 8.77. The van der Waals surface area contributed by atoms with Crippen LogP contribution in [0.4, 0.5) is 9.59 Å². The van der Waals surface area contributed by atoms with Gasteiger partial charge in [-0.3, -0.25) is 9.68 Å². The molecule has 2 heterocycles. The first-order valence-corrected chi connectivity index (χ1v) is 14.6. The van der Waals surface area contributed by atoms with Crippen molar-refractivity contribution >= 4 is 24.1 Å². The lowest BCUT2D eigenvalue weighted by Crippen LogP contribution is -2.37. The van der Waals surface area contributed by atoms with E-state index in [0.29, 0.717) is 32.5 Å². The Morgan fingerprint density at radius 3 is 1.55 bits per heavy atom. The van der Waals surface area contributed by atoms with Gasteiger partial charge in [0.15, 0.2) is 0 Å². The molecule has 44 heavy (non-hydrogen) atoms. The highest BCUT2D eigenvalue weighted by molar-refractivity contribution is 5.85. The number of carbonyl (C=O) groups is 4. The summed E-state index contributed by atoms with van der Waals surface area (Å²) in [7, 11) is 1.39. The van der Waals surface area contributed by atoms with E-state index in [2.05, 4.69) is 4.89 Å². The van der Waals surface area contributed by atoms with Gasteiger partial charge >= 0.3 is 24.1 Å². The Bertz CT molecular complexity index is 1330. The van der Waals surface area contributed by atoms with E-state index in [1.54, 1.807) is 4.90 Å². The molecule has 2 saturated heterocycles. The van der Waals surface area contributed by atoms with Gasteiger partial charge in [-0.15, -0.1) is 0 Å². The fraction of sp³-hybridized carbons (Fsp3) is 0.394. The van der Waals surface area contributed by atoms with Gasteiger partial charge in [-0.25, -0.2) is 14.4 Å². The zero-order chi connectivity index (χ0) is 31.2. The highest BCUT2D eigenvalue weighted by Crippen LogP contribution is 2.47. The third-order valence-electron chi connectivity index (χ3n) is 8.77. The molecule has 232 valence electrons. The van der Waals surface area contributed by atoms with E-state index in [1.165, 1.54) is 12.0 Å². The Morgan fingerprint density at radius 2 is 1.14 bits per heavy atom. The number of likely N-dealkylation sites (tertiary alicyclic amines) is 2. The van der Waals surface area contributed by atoms with E-state index >= 15 is 0 Å². The smallest absolute Gasteiger partial charge is 0.410 e. The van der Waals surface area contributed by atoms with E-state index in [9.17, 15) is 19.2 Å². The monoisotopic (exact) mass is 604 g/mol. The number of rotatable bonds is 6. The number of nitrogens with zero attached hydrogens (tertiary/aromatic N) is 2. The minimum Gasteiger partial charge on any atom is -0.468 e. The maximum absolute atomic E-state index is 12.2. The van der Waals surface area contributed by atoms with Gasteiger partial charge in [0.2, 0.25) is 0 Å². The van der Waals surface area contributed by atoms with Crippen LogP contribution in [0, 0.1) is 10.8 Å². The second-order valence-electron chi connectivity index (χ2n) is 11.4. The Balaban J connectivity index is 0.000000175. The van der Waals surface area contributed by atoms with Gasteiger partial charge in [0.1, 0.15) is 24.0 Å². The summed E-state index contributed by atoms with van der Waals surface area (Å²) in [5.41, 5.74) is 2.09. The van der Waals surface area contributed by atoms with Crippen molar-refractivity contribution in [1.29, 1.82) is 0 Å². The molecule has 2 atom stereocenters. The van der Waals surface area contributed by atoms with Crippen LogP contribution >= 0.6 is 0 Å². The van der Waals surface area contributed by atoms with Crippen LogP contribution in [-0.2, 0) is 41.9 Å². The number of ether oxygens (including phenoxy) is 3. The lowest BCUT2D eigenvalue weighted by Gasteiger charge is -2.23. The second kappa shape index (κ2) is 13.3. The van der Waals surface area contributed by atoms with Crippen molar-refractivity contribution in [3.63, 3.8) is 0 Å². The van der Waals surface area contributed by atoms with Gasteiger partial charge in [0.25, 0.3) is 0 Å². The maximum atomic E-state index is 12.2. The molecule has 2 unspecified atom stereocenters. The number of benzene rings is 2. The van der Waals surface area contributed by atoms with Crippen molar-refractivity contribution in [1.82, 2.24) is 9.80 Å². The fourth-order valence-corrected chi connectivity index (χ4v) is 6.42. The molecular weight excluding hydrogens is 568 g/mol. The molecule has 0 aromatic heterocycles. The summed E-state index contributed by atoms with van der Waals surface area (Å²) in [6.07, 6.45) is 5.98. The molecule has 2 aliphatic carbocycles. The number of carbonyl (C=O) groups excluding carboxylic acids is 4. The average molecular weight is 605 g/mol. The number of allylic oxidation sites excluding steroid dienone is 2. The van der Waals surface area contributed by atoms with Gasteiger partial charge in [-0.2, -0.15) is 5.26 Å². The van der Waals surface area contributed by atoms with Gasteiger partial charge in [0, 0.05) is 26.2 Å². The SMILES string of the molecule is COC(=O)C12CCC=C1CN(C(=O)OCc1ccccc1)C2.O=C(OCc1ccccc1)N1CC2=CCCC2(C(=O)OO)C1. The summed E-state index contributed by atoms with van der Waals surface area (Å²) >= 11 is 0. The van der Waals surface area contributed by atoms with Crippen molar-refractivity contribution in [2.75, 3.05) is 33.3 Å². The first-order chi connectivity index (χ1) is 21.3. The molecule has 4 aliphatic rings. The lowest BCUT2D eigenvalue weighted by atomic mass is 9.84. The van der Waals surface area contributed by atoms with Gasteiger partial charge < -0.3 is 24.0 Å². The lowest BCUT2D eigenvalue weighted by molar-refractivity contribution is -0.243. The zero-order valence-electron chi connectivity index (χ0n) is 24.6. The fourth-order valence-electron chi connectivity index (χ4n) is 6.42. The molecule has 2 aromatic rings. The summed E-state index contributed by atoms with van der Waals surface area (Å²) < 4.78 is 15.6. The average Bonchev–Trinajstić information content (AvgIpc) is 3.82. The van der Waals surface area contributed by atoms with Crippen LogP contribution in [0.5, 0.6) is 0 Å². The van der Waals surface area contributed by atoms with Crippen LogP contribution in [0.25, 0.3) is 0 Å². The molecule has 0 spiro atoms. The van der Waals surface area contributed by atoms with Crippen LogP contribution in [0.1, 0.15) is 36.8 Å². The minimum atomic E-state index is -0.902. The molecule has 0 radical (unpaired) electrons. The number of amides is 2. The van der Waals surface area contributed by atoms with Crippen molar-refractivity contribution in [3.8, 4) is 0 Å². The molecule has 0 bridgehead atoms. The van der Waals surface area contributed by atoms with E-state index in [4.69, 9.17) is 19.5 Å². The van der Waals surface area contributed by atoms with Gasteiger partial charge in [0.05, 0.1) is 7.11 Å². The number of hydrogen-bond acceptors (Lipinski definition) is 9. The van der Waals surface area contributed by atoms with E-state index in [1.807, 2.05) is 72.8 Å². The minimum absolute atomic E-state index is 0.186. The maximum Gasteiger partial charge on any atom is 0.410 e. The molecule has 1 N–H and O–H groups in total. The predicted octanol–water partition coefficient (Wildman–Crippen LogP) is 4.88. The van der Waals surface area contributed by atoms with Crippen molar-refractivity contribution in [3.05, 3.63) is 95.1 Å². The Kier molecular flexibility index (Phi) is 9.34. The summed E-state index contributed by atoms with van der Waals surface area (Å²) in [6.45, 7) is 1.74. The highest BCUT2D eigenvalue weighted by Gasteiger charge is 2.54. The Hall–Kier alpha value is -4.64. The molecule has 0 saturated carbocycles. The largest absolute Gasteiger partial charge is 0.468 e. The standard InChI is InChI=1S/C17H19NO4.C16H17NO5/c1-21-15(19)17-9-5-8-14(17)10-18(12-17)16(20)22-11-13-6-3-2-4-7-13;18-14(22-20)16-8-4-7-13(16)9-17(11-16)15(19)21-10-12-5-2-1-3-6-12/h2-4,6-8H,5,9-12H2,1H3;1-3,5-7,20H,4,8-11H2. The predicted molar refractivity (Wildman–Crippen MR) is 157 cm³/mol. The number of esters is 1. The summed E-state index contributed by atoms with van der Waals surface area (Å²) in [5.74, 6) is -0.954. The summed E-state index contributed by atoms with van der Waals surface area (Å²) in [6, 6.07) is 18.9. The molecule has 2 aromatic carbocycles. The van der Waals surface area contributed by atoms with E-state index < -0.39 is 22.9 Å². The van der Waals surface area contributed by atoms with E-state index in [-0.39, 0.29) is 31.8 Å². The van der Waals surface area contributed by atoms with Gasteiger partial charge in [-0.1, -0.05) is 72.8 Å². The van der Waals surface area contributed by atoms with Crippen LogP contribution in [0.15, 0.2) is 84.0 Å². The molecule has 11 nitrogen and oxygen atoms in total. The van der Waals surface area contributed by atoms with Crippen LogP contribution in [-0.4, -0.2) is 72.5 Å². The van der Waals surface area contributed by atoms with Gasteiger partial charge in [-0.05, 0) is 48.0 Å². The molecule has 6 rings (SSSR count). The normalized spacial score (nSPS) is 23.0. The third kappa shape index (κ3) is 6.19. The highest BCUT2D eigenvalue weighted by atomic mass is 17.1. The van der Waals surface area contributed by atoms with Crippen LogP contribution in [0.2, 0.25) is 0 Å². The van der Waals surface area contributed by atoms with Crippen molar-refractivity contribution in [2.45, 2.75) is 38.9 Å². The quantitative estimate of drug-likeness (QED) is 0.161. The van der Waals surface area contributed by atoms with Crippen LogP contribution < -0.4 is 0 Å². The van der Waals surface area contributed by atoms with Crippen molar-refractivity contribution < 1.29 is 43.5 Å². The van der Waals surface area contributed by atoms with Crippen LogP contribution in [0.3, 0.4) is 0 Å². The van der Waals surface area contributed by atoms with Crippen molar-refractivity contribution in [2.24, 2.45) is 10.8 Å². The van der Waals surface area contributed by atoms with E-state index in [0.717, 1.165) is 35.1 Å². The molecular formula is C33H36N2O9. The Morgan fingerprint density at radius 1 is 0.705 bits per heavy atom. The molecule has 11 heteroatoms. The first-order valence-electron chi connectivity index (χ1n) is 14.6. The molecule has 2 aliphatic heterocycles. The Labute approximate surface area is 255 Å².